The molecule has 1 aromatic carbocycles. The first kappa shape index (κ1) is 25.4. The normalized spacial score (nSPS) is 18.5. The van der Waals surface area contributed by atoms with Gasteiger partial charge in [-0.15, -0.1) is 11.3 Å². The number of likely N-dealkylation sites (tertiary alicyclic amines) is 1. The molecule has 196 valence electrons. The Kier molecular flexibility index (Phi) is 7.27. The van der Waals surface area contributed by atoms with Gasteiger partial charge in [0.1, 0.15) is 23.6 Å². The summed E-state index contributed by atoms with van der Waals surface area (Å²) >= 11 is 1.55. The molecule has 0 N–H and O–H groups in total. The molecule has 1 atom stereocenters. The van der Waals surface area contributed by atoms with Gasteiger partial charge in [-0.3, -0.25) is 9.48 Å². The highest BCUT2D eigenvalue weighted by atomic mass is 32.1. The second-order valence-corrected chi connectivity index (χ2v) is 10.1. The molecule has 0 spiro atoms. The monoisotopic (exact) mass is 535 g/mol. The molecule has 2 aromatic heterocycles. The summed E-state index contributed by atoms with van der Waals surface area (Å²) in [6, 6.07) is 8.79. The average Bonchev–Trinajstić information content (AvgIpc) is 3.63. The molecule has 1 saturated heterocycles. The molecule has 1 unspecified atom stereocenters. The molecule has 2 aliphatic heterocycles. The van der Waals surface area contributed by atoms with Crippen molar-refractivity contribution in [2.45, 2.75) is 57.6 Å². The van der Waals surface area contributed by atoms with E-state index in [1.54, 1.807) is 16.2 Å². The van der Waals surface area contributed by atoms with Gasteiger partial charge in [0.25, 0.3) is 12.9 Å². The number of carbonyl (C=O) groups is 1. The maximum atomic E-state index is 13.2. The van der Waals surface area contributed by atoms with Crippen molar-refractivity contribution in [2.75, 3.05) is 13.1 Å². The Morgan fingerprint density at radius 3 is 2.65 bits per heavy atom. The van der Waals surface area contributed by atoms with Crippen molar-refractivity contribution >= 4 is 23.0 Å². The molecule has 3 aromatic rings. The Bertz CT molecular complexity index is 1300. The van der Waals surface area contributed by atoms with Gasteiger partial charge >= 0.3 is 0 Å². The highest BCUT2D eigenvalue weighted by Crippen LogP contribution is 2.34. The first-order valence-corrected chi connectivity index (χ1v) is 12.8. The van der Waals surface area contributed by atoms with Crippen LogP contribution in [0.2, 0.25) is 0 Å². The largest absolute Gasteiger partial charge is 0.387 e. The molecule has 4 heterocycles. The summed E-state index contributed by atoms with van der Waals surface area (Å²) in [7, 11) is 0. The number of amides is 1. The van der Waals surface area contributed by atoms with Crippen molar-refractivity contribution in [3.05, 3.63) is 68.9 Å². The summed E-state index contributed by atoms with van der Waals surface area (Å²) in [6.45, 7) is 2.38. The van der Waals surface area contributed by atoms with Gasteiger partial charge in [0.2, 0.25) is 5.91 Å². The van der Waals surface area contributed by atoms with Gasteiger partial charge in [0.05, 0.1) is 10.7 Å². The molecular weight excluding hydrogens is 510 g/mol. The number of hydrogen-bond donors (Lipinski definition) is 0. The van der Waals surface area contributed by atoms with E-state index in [-0.39, 0.29) is 12.0 Å². The number of piperidine rings is 1. The van der Waals surface area contributed by atoms with Crippen LogP contribution in [-0.4, -0.2) is 44.4 Å². The Morgan fingerprint density at radius 1 is 1.16 bits per heavy atom. The lowest BCUT2D eigenvalue weighted by Gasteiger charge is -2.31. The first-order chi connectivity index (χ1) is 17.8. The molecule has 1 fully saturated rings. The van der Waals surface area contributed by atoms with Gasteiger partial charge < -0.3 is 9.74 Å². The maximum Gasteiger partial charge on any atom is 0.282 e. The van der Waals surface area contributed by atoms with Gasteiger partial charge in [0.15, 0.2) is 6.10 Å². The van der Waals surface area contributed by atoms with Crippen molar-refractivity contribution in [3.8, 4) is 0 Å². The van der Waals surface area contributed by atoms with Crippen LogP contribution >= 0.6 is 11.3 Å². The SMILES string of the molecule is Cc1cccc(C2CC(c3csc(C4CCN(C(=O)Cn5nc(C(F)F)cc5C(F)F)CC4)n3)=NO2)c1. The molecule has 5 rings (SSSR count). The number of hydrogen-bond acceptors (Lipinski definition) is 6. The number of nitrogens with zero attached hydrogens (tertiary/aromatic N) is 5. The molecule has 0 saturated carbocycles. The number of carbonyl (C=O) groups excluding carboxylic acids is 1. The molecule has 7 nitrogen and oxygen atoms in total. The van der Waals surface area contributed by atoms with Gasteiger partial charge in [-0.25, -0.2) is 22.5 Å². The van der Waals surface area contributed by atoms with E-state index in [1.165, 1.54) is 0 Å². The lowest BCUT2D eigenvalue weighted by atomic mass is 9.97. The zero-order valence-corrected chi connectivity index (χ0v) is 20.8. The minimum Gasteiger partial charge on any atom is -0.387 e. The Labute approximate surface area is 214 Å². The highest BCUT2D eigenvalue weighted by molar-refractivity contribution is 7.10. The van der Waals surface area contributed by atoms with Crippen LogP contribution in [0.25, 0.3) is 0 Å². The quantitative estimate of drug-likeness (QED) is 0.359. The second kappa shape index (κ2) is 10.6. The second-order valence-electron chi connectivity index (χ2n) is 9.23. The number of alkyl halides is 4. The Balaban J connectivity index is 1.16. The lowest BCUT2D eigenvalue weighted by molar-refractivity contribution is -0.133. The zero-order valence-electron chi connectivity index (χ0n) is 20.0. The topological polar surface area (TPSA) is 72.6 Å². The predicted molar refractivity (Wildman–Crippen MR) is 129 cm³/mol. The summed E-state index contributed by atoms with van der Waals surface area (Å²) in [5, 5.41) is 10.7. The van der Waals surface area contributed by atoms with Gasteiger partial charge in [0, 0.05) is 30.8 Å². The van der Waals surface area contributed by atoms with Gasteiger partial charge in [-0.05, 0) is 31.4 Å². The summed E-state index contributed by atoms with van der Waals surface area (Å²) in [5.74, 6) is -0.270. The molecule has 37 heavy (non-hydrogen) atoms. The number of halogens is 4. The fourth-order valence-electron chi connectivity index (χ4n) is 4.65. The fourth-order valence-corrected chi connectivity index (χ4v) is 5.65. The third-order valence-corrected chi connectivity index (χ3v) is 7.67. The number of aromatic nitrogens is 3. The summed E-state index contributed by atoms with van der Waals surface area (Å²) < 4.78 is 52.9. The molecule has 1 amide bonds. The number of aryl methyl sites for hydroxylation is 1. The fraction of sp³-hybridized carbons (Fsp3) is 0.440. The zero-order chi connectivity index (χ0) is 26.1. The van der Waals surface area contributed by atoms with E-state index in [0.717, 1.165) is 27.5 Å². The molecule has 2 aliphatic rings. The highest BCUT2D eigenvalue weighted by Gasteiger charge is 2.30. The van der Waals surface area contributed by atoms with Crippen LogP contribution in [0.3, 0.4) is 0 Å². The minimum absolute atomic E-state index is 0.133. The number of thiazole rings is 1. The van der Waals surface area contributed by atoms with Crippen LogP contribution in [0.4, 0.5) is 17.6 Å². The van der Waals surface area contributed by atoms with Crippen LogP contribution in [0.1, 0.15) is 77.4 Å². The molecular formula is C25H25F4N5O2S. The first-order valence-electron chi connectivity index (χ1n) is 11.9. The third-order valence-electron chi connectivity index (χ3n) is 6.66. The number of benzene rings is 1. The standard InChI is InChI=1S/C25H25F4N5O2S/c1-14-3-2-4-16(9-14)21-11-17(32-36-21)19-13-37-25(30-19)15-5-7-33(8-6-15)22(35)12-34-20(24(28)29)10-18(31-34)23(26)27/h2-4,9-10,13,15,21,23-24H,5-8,11-12H2,1H3. The number of oxime groups is 1. The van der Waals surface area contributed by atoms with Crippen LogP contribution in [0.5, 0.6) is 0 Å². The third kappa shape index (κ3) is 5.53. The van der Waals surface area contributed by atoms with Crippen molar-refractivity contribution in [3.63, 3.8) is 0 Å². The van der Waals surface area contributed by atoms with Crippen LogP contribution < -0.4 is 0 Å². The van der Waals surface area contributed by atoms with Gasteiger partial charge in [-0.2, -0.15) is 5.10 Å². The van der Waals surface area contributed by atoms with Gasteiger partial charge in [-0.1, -0.05) is 35.0 Å². The summed E-state index contributed by atoms with van der Waals surface area (Å²) in [5.41, 5.74) is 2.39. The van der Waals surface area contributed by atoms with Crippen molar-refractivity contribution in [1.29, 1.82) is 0 Å². The Hall–Kier alpha value is -3.28. The van der Waals surface area contributed by atoms with Crippen molar-refractivity contribution in [2.24, 2.45) is 5.16 Å². The van der Waals surface area contributed by atoms with E-state index in [1.807, 2.05) is 30.5 Å². The van der Waals surface area contributed by atoms with E-state index in [0.29, 0.717) is 43.1 Å². The van der Waals surface area contributed by atoms with E-state index in [9.17, 15) is 22.4 Å². The molecule has 12 heteroatoms. The Morgan fingerprint density at radius 2 is 1.95 bits per heavy atom. The van der Waals surface area contributed by atoms with E-state index >= 15 is 0 Å². The smallest absolute Gasteiger partial charge is 0.282 e. The van der Waals surface area contributed by atoms with Crippen LogP contribution in [-0.2, 0) is 16.2 Å². The van der Waals surface area contributed by atoms with E-state index in [2.05, 4.69) is 16.3 Å². The predicted octanol–water partition coefficient (Wildman–Crippen LogP) is 5.80. The number of rotatable bonds is 7. The van der Waals surface area contributed by atoms with E-state index < -0.39 is 36.7 Å². The maximum absolute atomic E-state index is 13.2. The van der Waals surface area contributed by atoms with Crippen LogP contribution in [0, 0.1) is 6.92 Å². The van der Waals surface area contributed by atoms with Crippen molar-refractivity contribution in [1.82, 2.24) is 19.7 Å². The average molecular weight is 536 g/mol. The molecule has 0 bridgehead atoms. The van der Waals surface area contributed by atoms with Crippen LogP contribution in [0.15, 0.2) is 40.9 Å². The summed E-state index contributed by atoms with van der Waals surface area (Å²) in [4.78, 5) is 24.7. The minimum atomic E-state index is -3.00. The van der Waals surface area contributed by atoms with Crippen molar-refractivity contribution < 1.29 is 27.2 Å². The molecule has 0 aliphatic carbocycles. The summed E-state index contributed by atoms with van der Waals surface area (Å²) in [6.07, 6.45) is -4.15. The lowest BCUT2D eigenvalue weighted by Crippen LogP contribution is -2.40. The van der Waals surface area contributed by atoms with E-state index in [4.69, 9.17) is 9.82 Å². The molecule has 0 radical (unpaired) electrons.